The molecule has 19 heavy (non-hydrogen) atoms. The largest absolute Gasteiger partial charge is 0.345 e. The van der Waals surface area contributed by atoms with E-state index in [2.05, 4.69) is 15.3 Å². The van der Waals surface area contributed by atoms with Gasteiger partial charge >= 0.3 is 0 Å². The number of thiazole rings is 1. The number of carbonyl (C=O) groups is 1. The lowest BCUT2D eigenvalue weighted by Crippen LogP contribution is -2.26. The first-order valence-corrected chi connectivity index (χ1v) is 7.02. The number of nitrogens with one attached hydrogen (secondary N) is 1. The van der Waals surface area contributed by atoms with Crippen molar-refractivity contribution in [1.82, 2.24) is 15.3 Å². The van der Waals surface area contributed by atoms with Crippen LogP contribution in [0.5, 0.6) is 0 Å². The molecule has 1 N–H and O–H groups in total. The number of amides is 1. The number of aryl methyl sites for hydroxylation is 2. The predicted molar refractivity (Wildman–Crippen MR) is 76.7 cm³/mol. The van der Waals surface area contributed by atoms with Crippen molar-refractivity contribution < 1.29 is 4.79 Å². The second kappa shape index (κ2) is 5.67. The number of halogens is 1. The van der Waals surface area contributed by atoms with Gasteiger partial charge in [0.2, 0.25) is 0 Å². The van der Waals surface area contributed by atoms with Gasteiger partial charge in [-0.1, -0.05) is 11.6 Å². The SMILES string of the molecule is Cc1nc(C)c(C(C)NC(=O)c2cnccc2Cl)s1. The Labute approximate surface area is 120 Å². The fraction of sp³-hybridized carbons (Fsp3) is 0.308. The summed E-state index contributed by atoms with van der Waals surface area (Å²) in [5.41, 5.74) is 1.34. The molecule has 0 fully saturated rings. The summed E-state index contributed by atoms with van der Waals surface area (Å²) in [4.78, 5) is 21.4. The van der Waals surface area contributed by atoms with Gasteiger partial charge in [0.1, 0.15) is 0 Å². The third kappa shape index (κ3) is 3.11. The molecule has 2 aromatic rings. The minimum Gasteiger partial charge on any atom is -0.345 e. The van der Waals surface area contributed by atoms with Gasteiger partial charge in [-0.15, -0.1) is 11.3 Å². The molecule has 0 saturated heterocycles. The van der Waals surface area contributed by atoms with Crippen LogP contribution >= 0.6 is 22.9 Å². The van der Waals surface area contributed by atoms with E-state index in [0.717, 1.165) is 15.6 Å². The molecule has 2 heterocycles. The highest BCUT2D eigenvalue weighted by Gasteiger charge is 2.17. The number of aromatic nitrogens is 2. The zero-order valence-electron chi connectivity index (χ0n) is 10.9. The lowest BCUT2D eigenvalue weighted by molar-refractivity contribution is 0.0940. The molecule has 0 aliphatic heterocycles. The average Bonchev–Trinajstić information content (AvgIpc) is 2.69. The fourth-order valence-corrected chi connectivity index (χ4v) is 2.95. The molecule has 0 aromatic carbocycles. The van der Waals surface area contributed by atoms with Gasteiger partial charge in [-0.3, -0.25) is 9.78 Å². The van der Waals surface area contributed by atoms with Crippen LogP contribution in [0.25, 0.3) is 0 Å². The van der Waals surface area contributed by atoms with Crippen molar-refractivity contribution in [2.45, 2.75) is 26.8 Å². The molecule has 0 radical (unpaired) electrons. The molecule has 0 spiro atoms. The second-order valence-corrected chi connectivity index (χ2v) is 5.88. The van der Waals surface area contributed by atoms with Crippen molar-refractivity contribution in [3.05, 3.63) is 44.6 Å². The van der Waals surface area contributed by atoms with Gasteiger partial charge < -0.3 is 5.32 Å². The monoisotopic (exact) mass is 295 g/mol. The van der Waals surface area contributed by atoms with Gasteiger partial charge in [-0.05, 0) is 26.8 Å². The molecule has 0 saturated carbocycles. The molecule has 100 valence electrons. The van der Waals surface area contributed by atoms with E-state index in [0.29, 0.717) is 10.6 Å². The van der Waals surface area contributed by atoms with Crippen LogP contribution < -0.4 is 5.32 Å². The van der Waals surface area contributed by atoms with Gasteiger partial charge in [0, 0.05) is 17.3 Å². The molecule has 0 bridgehead atoms. The Kier molecular flexibility index (Phi) is 4.17. The van der Waals surface area contributed by atoms with Gasteiger partial charge in [-0.25, -0.2) is 4.98 Å². The average molecular weight is 296 g/mol. The van der Waals surface area contributed by atoms with Crippen LogP contribution in [-0.2, 0) is 0 Å². The Morgan fingerprint density at radius 3 is 2.79 bits per heavy atom. The van der Waals surface area contributed by atoms with Crippen molar-refractivity contribution in [1.29, 1.82) is 0 Å². The van der Waals surface area contributed by atoms with Crippen LogP contribution in [0.3, 0.4) is 0 Å². The summed E-state index contributed by atoms with van der Waals surface area (Å²) in [5, 5.41) is 4.31. The van der Waals surface area contributed by atoms with E-state index < -0.39 is 0 Å². The molecule has 6 heteroatoms. The molecule has 0 aliphatic carbocycles. The van der Waals surface area contributed by atoms with E-state index in [1.165, 1.54) is 6.20 Å². The Hall–Kier alpha value is -1.46. The van der Waals surface area contributed by atoms with Crippen molar-refractivity contribution in [3.8, 4) is 0 Å². The zero-order valence-corrected chi connectivity index (χ0v) is 12.5. The van der Waals surface area contributed by atoms with Crippen molar-refractivity contribution in [3.63, 3.8) is 0 Å². The topological polar surface area (TPSA) is 54.9 Å². The van der Waals surface area contributed by atoms with E-state index in [-0.39, 0.29) is 11.9 Å². The maximum absolute atomic E-state index is 12.1. The summed E-state index contributed by atoms with van der Waals surface area (Å²) in [6.07, 6.45) is 3.02. The minimum absolute atomic E-state index is 0.102. The number of pyridine rings is 1. The lowest BCUT2D eigenvalue weighted by atomic mass is 10.2. The summed E-state index contributed by atoms with van der Waals surface area (Å²) < 4.78 is 0. The van der Waals surface area contributed by atoms with Crippen molar-refractivity contribution in [2.24, 2.45) is 0 Å². The molecular weight excluding hydrogens is 282 g/mol. The Morgan fingerprint density at radius 2 is 2.21 bits per heavy atom. The number of nitrogens with zero attached hydrogens (tertiary/aromatic N) is 2. The summed E-state index contributed by atoms with van der Waals surface area (Å²) >= 11 is 7.56. The number of carbonyl (C=O) groups excluding carboxylic acids is 1. The first-order valence-electron chi connectivity index (χ1n) is 5.83. The van der Waals surface area contributed by atoms with Gasteiger partial charge in [0.05, 0.1) is 27.3 Å². The maximum atomic E-state index is 12.1. The van der Waals surface area contributed by atoms with E-state index in [1.807, 2.05) is 20.8 Å². The highest BCUT2D eigenvalue weighted by Crippen LogP contribution is 2.25. The quantitative estimate of drug-likeness (QED) is 0.945. The highest BCUT2D eigenvalue weighted by atomic mass is 35.5. The molecule has 0 aliphatic rings. The Morgan fingerprint density at radius 1 is 1.47 bits per heavy atom. The lowest BCUT2D eigenvalue weighted by Gasteiger charge is -2.13. The molecular formula is C13H14ClN3OS. The smallest absolute Gasteiger partial charge is 0.254 e. The molecule has 4 nitrogen and oxygen atoms in total. The van der Waals surface area contributed by atoms with Gasteiger partial charge in [0.25, 0.3) is 5.91 Å². The normalized spacial score (nSPS) is 12.2. The second-order valence-electron chi connectivity index (χ2n) is 4.23. The molecule has 2 aromatic heterocycles. The van der Waals surface area contributed by atoms with E-state index in [4.69, 9.17) is 11.6 Å². The summed E-state index contributed by atoms with van der Waals surface area (Å²) in [7, 11) is 0. The summed E-state index contributed by atoms with van der Waals surface area (Å²) in [6, 6.07) is 1.50. The van der Waals surface area contributed by atoms with E-state index in [9.17, 15) is 4.79 Å². The predicted octanol–water partition coefficient (Wildman–Crippen LogP) is 3.30. The first kappa shape index (κ1) is 14.0. The van der Waals surface area contributed by atoms with Crippen LogP contribution in [0.2, 0.25) is 5.02 Å². The third-order valence-electron chi connectivity index (χ3n) is 2.69. The Bertz CT molecular complexity index is 612. The first-order chi connectivity index (χ1) is 8.99. The van der Waals surface area contributed by atoms with E-state index in [1.54, 1.807) is 23.6 Å². The molecule has 1 atom stereocenters. The van der Waals surface area contributed by atoms with Crippen LogP contribution in [0, 0.1) is 13.8 Å². The van der Waals surface area contributed by atoms with Crippen LogP contribution in [0.1, 0.15) is 38.9 Å². The highest BCUT2D eigenvalue weighted by molar-refractivity contribution is 7.11. The number of hydrogen-bond donors (Lipinski definition) is 1. The number of hydrogen-bond acceptors (Lipinski definition) is 4. The minimum atomic E-state index is -0.226. The third-order valence-corrected chi connectivity index (χ3v) is 4.28. The number of rotatable bonds is 3. The van der Waals surface area contributed by atoms with Crippen LogP contribution in [0.4, 0.5) is 0 Å². The fourth-order valence-electron chi connectivity index (χ4n) is 1.83. The summed E-state index contributed by atoms with van der Waals surface area (Å²) in [5.74, 6) is -0.226. The zero-order chi connectivity index (χ0) is 14.0. The molecule has 1 amide bonds. The summed E-state index contributed by atoms with van der Waals surface area (Å²) in [6.45, 7) is 5.83. The Balaban J connectivity index is 2.15. The van der Waals surface area contributed by atoms with Crippen LogP contribution in [-0.4, -0.2) is 15.9 Å². The molecule has 2 rings (SSSR count). The van der Waals surface area contributed by atoms with Gasteiger partial charge in [-0.2, -0.15) is 0 Å². The van der Waals surface area contributed by atoms with Gasteiger partial charge in [0.15, 0.2) is 0 Å². The van der Waals surface area contributed by atoms with E-state index >= 15 is 0 Å². The van der Waals surface area contributed by atoms with Crippen molar-refractivity contribution >= 4 is 28.8 Å². The standard InChI is InChI=1S/C13H14ClN3OS/c1-7-12(19-9(3)16-7)8(2)17-13(18)10-6-15-5-4-11(10)14/h4-6,8H,1-3H3,(H,17,18). The molecule has 1 unspecified atom stereocenters. The van der Waals surface area contributed by atoms with Crippen molar-refractivity contribution in [2.75, 3.05) is 0 Å². The maximum Gasteiger partial charge on any atom is 0.254 e. The van der Waals surface area contributed by atoms with Crippen LogP contribution in [0.15, 0.2) is 18.5 Å².